The number of nitrogens with two attached hydrogens (primary N) is 1. The van der Waals surface area contributed by atoms with Crippen LogP contribution in [-0.4, -0.2) is 19.3 Å². The van der Waals surface area contributed by atoms with E-state index < -0.39 is 0 Å². The second-order valence-electron chi connectivity index (χ2n) is 3.43. The Morgan fingerprint density at radius 2 is 2.30 bits per heavy atom. The van der Waals surface area contributed by atoms with Crippen molar-refractivity contribution in [2.24, 2.45) is 17.6 Å². The van der Waals surface area contributed by atoms with Crippen LogP contribution in [0.3, 0.4) is 0 Å². The minimum atomic E-state index is 0.340. The Labute approximate surface area is 62.7 Å². The predicted octanol–water partition coefficient (Wildman–Crippen LogP) is 1.01. The molecule has 2 N–H and O–H groups in total. The van der Waals surface area contributed by atoms with E-state index >= 15 is 0 Å². The van der Waals surface area contributed by atoms with Crippen molar-refractivity contribution in [3.63, 3.8) is 0 Å². The predicted molar refractivity (Wildman–Crippen MR) is 41.7 cm³/mol. The molecule has 1 aliphatic rings. The van der Waals surface area contributed by atoms with Crippen molar-refractivity contribution < 1.29 is 4.74 Å². The Bertz CT molecular complexity index is 103. The molecule has 0 radical (unpaired) electrons. The second kappa shape index (κ2) is 3.35. The molecule has 60 valence electrons. The lowest BCUT2D eigenvalue weighted by molar-refractivity contribution is 0.109. The van der Waals surface area contributed by atoms with Gasteiger partial charge in [0.25, 0.3) is 0 Å². The van der Waals surface area contributed by atoms with Crippen LogP contribution in [0.5, 0.6) is 0 Å². The summed E-state index contributed by atoms with van der Waals surface area (Å²) >= 11 is 0. The van der Waals surface area contributed by atoms with Crippen molar-refractivity contribution in [2.45, 2.75) is 26.4 Å². The number of hydrogen-bond donors (Lipinski definition) is 1. The molecule has 0 amide bonds. The van der Waals surface area contributed by atoms with Gasteiger partial charge in [-0.1, -0.05) is 13.8 Å². The number of ether oxygens (including phenoxy) is 1. The minimum Gasteiger partial charge on any atom is -0.377 e. The Morgan fingerprint density at radius 3 is 2.60 bits per heavy atom. The highest BCUT2D eigenvalue weighted by molar-refractivity contribution is 4.75. The second-order valence-corrected chi connectivity index (χ2v) is 3.43. The lowest BCUT2D eigenvalue weighted by Gasteiger charge is -2.10. The van der Waals surface area contributed by atoms with Gasteiger partial charge >= 0.3 is 0 Å². The van der Waals surface area contributed by atoms with E-state index in [1.165, 1.54) is 0 Å². The zero-order valence-electron chi connectivity index (χ0n) is 6.84. The fourth-order valence-corrected chi connectivity index (χ4v) is 1.36. The van der Waals surface area contributed by atoms with Gasteiger partial charge in [0.1, 0.15) is 0 Å². The molecular formula is C8H17NO. The molecule has 0 saturated carbocycles. The molecule has 2 atom stereocenters. The molecule has 1 saturated heterocycles. The third-order valence-electron chi connectivity index (χ3n) is 2.32. The molecule has 1 rings (SSSR count). The Balaban J connectivity index is 2.28. The maximum absolute atomic E-state index is 5.47. The molecule has 0 aromatic heterocycles. The van der Waals surface area contributed by atoms with Crippen LogP contribution in [-0.2, 0) is 4.74 Å². The average Bonchev–Trinajstić information content (AvgIpc) is 2.34. The molecule has 0 aliphatic carbocycles. The topological polar surface area (TPSA) is 35.2 Å². The highest BCUT2D eigenvalue weighted by atomic mass is 16.5. The molecule has 1 fully saturated rings. The summed E-state index contributed by atoms with van der Waals surface area (Å²) in [6, 6.07) is 0. The molecule has 0 aromatic carbocycles. The Hall–Kier alpha value is -0.0800. The van der Waals surface area contributed by atoms with Crippen LogP contribution < -0.4 is 5.73 Å². The van der Waals surface area contributed by atoms with E-state index in [0.29, 0.717) is 12.6 Å². The molecule has 0 bridgehead atoms. The summed E-state index contributed by atoms with van der Waals surface area (Å²) < 4.78 is 5.45. The summed E-state index contributed by atoms with van der Waals surface area (Å²) in [5.74, 6) is 1.49. The first-order chi connectivity index (χ1) is 4.74. The maximum Gasteiger partial charge on any atom is 0.0701 e. The fourth-order valence-electron chi connectivity index (χ4n) is 1.36. The third-order valence-corrected chi connectivity index (χ3v) is 2.32. The zero-order valence-corrected chi connectivity index (χ0v) is 6.84. The van der Waals surface area contributed by atoms with E-state index in [1.54, 1.807) is 0 Å². The van der Waals surface area contributed by atoms with E-state index in [9.17, 15) is 0 Å². The molecule has 1 heterocycles. The summed E-state index contributed by atoms with van der Waals surface area (Å²) in [6.45, 7) is 6.09. The van der Waals surface area contributed by atoms with Crippen LogP contribution >= 0.6 is 0 Å². The quantitative estimate of drug-likeness (QED) is 0.626. The molecule has 0 aromatic rings. The fraction of sp³-hybridized carbons (Fsp3) is 1.00. The highest BCUT2D eigenvalue weighted by Gasteiger charge is 2.26. The van der Waals surface area contributed by atoms with Crippen molar-refractivity contribution in [3.8, 4) is 0 Å². The van der Waals surface area contributed by atoms with Crippen molar-refractivity contribution in [1.82, 2.24) is 0 Å². The summed E-state index contributed by atoms with van der Waals surface area (Å²) in [7, 11) is 0. The van der Waals surface area contributed by atoms with Crippen molar-refractivity contribution >= 4 is 0 Å². The monoisotopic (exact) mass is 143 g/mol. The van der Waals surface area contributed by atoms with E-state index in [-0.39, 0.29) is 0 Å². The van der Waals surface area contributed by atoms with Gasteiger partial charge in [0.15, 0.2) is 0 Å². The molecular weight excluding hydrogens is 126 g/mol. The Kier molecular flexibility index (Phi) is 2.69. The van der Waals surface area contributed by atoms with Crippen LogP contribution in [0, 0.1) is 11.8 Å². The van der Waals surface area contributed by atoms with Crippen molar-refractivity contribution in [3.05, 3.63) is 0 Å². The first kappa shape index (κ1) is 8.02. The van der Waals surface area contributed by atoms with Crippen LogP contribution in [0.1, 0.15) is 20.3 Å². The van der Waals surface area contributed by atoms with Gasteiger partial charge in [-0.05, 0) is 18.3 Å². The largest absolute Gasteiger partial charge is 0.377 e. The standard InChI is InChI=1S/C8H17NO/c1-6(2)7-3-8(4-9)10-5-7/h6-8H,3-5,9H2,1-2H3. The van der Waals surface area contributed by atoms with Gasteiger partial charge in [0, 0.05) is 6.54 Å². The molecule has 2 unspecified atom stereocenters. The summed E-state index contributed by atoms with van der Waals surface area (Å²) in [6.07, 6.45) is 1.50. The van der Waals surface area contributed by atoms with Gasteiger partial charge < -0.3 is 10.5 Å². The van der Waals surface area contributed by atoms with Gasteiger partial charge in [0.2, 0.25) is 0 Å². The molecule has 10 heavy (non-hydrogen) atoms. The van der Waals surface area contributed by atoms with Crippen molar-refractivity contribution in [1.29, 1.82) is 0 Å². The van der Waals surface area contributed by atoms with Gasteiger partial charge in [-0.25, -0.2) is 0 Å². The van der Waals surface area contributed by atoms with Gasteiger partial charge in [0.05, 0.1) is 12.7 Å². The number of rotatable bonds is 2. The van der Waals surface area contributed by atoms with Crippen LogP contribution in [0.15, 0.2) is 0 Å². The lowest BCUT2D eigenvalue weighted by Crippen LogP contribution is -2.18. The minimum absolute atomic E-state index is 0.340. The van der Waals surface area contributed by atoms with E-state index in [0.717, 1.165) is 24.9 Å². The molecule has 2 heteroatoms. The average molecular weight is 143 g/mol. The smallest absolute Gasteiger partial charge is 0.0701 e. The highest BCUT2D eigenvalue weighted by Crippen LogP contribution is 2.25. The zero-order chi connectivity index (χ0) is 7.56. The van der Waals surface area contributed by atoms with Crippen LogP contribution in [0.4, 0.5) is 0 Å². The summed E-state index contributed by atoms with van der Waals surface area (Å²) in [4.78, 5) is 0. The van der Waals surface area contributed by atoms with Crippen molar-refractivity contribution in [2.75, 3.05) is 13.2 Å². The summed E-state index contributed by atoms with van der Waals surface area (Å²) in [5, 5.41) is 0. The van der Waals surface area contributed by atoms with E-state index in [2.05, 4.69) is 13.8 Å². The van der Waals surface area contributed by atoms with Gasteiger partial charge in [-0.15, -0.1) is 0 Å². The lowest BCUT2D eigenvalue weighted by atomic mass is 9.93. The van der Waals surface area contributed by atoms with Gasteiger partial charge in [-0.3, -0.25) is 0 Å². The SMILES string of the molecule is CC(C)C1COC(CN)C1. The van der Waals surface area contributed by atoms with E-state index in [4.69, 9.17) is 10.5 Å². The van der Waals surface area contributed by atoms with Gasteiger partial charge in [-0.2, -0.15) is 0 Å². The first-order valence-corrected chi connectivity index (χ1v) is 4.05. The van der Waals surface area contributed by atoms with Crippen LogP contribution in [0.2, 0.25) is 0 Å². The first-order valence-electron chi connectivity index (χ1n) is 4.05. The molecule has 2 nitrogen and oxygen atoms in total. The maximum atomic E-state index is 5.47. The third kappa shape index (κ3) is 1.70. The molecule has 1 aliphatic heterocycles. The Morgan fingerprint density at radius 1 is 1.60 bits per heavy atom. The van der Waals surface area contributed by atoms with E-state index in [1.807, 2.05) is 0 Å². The molecule has 0 spiro atoms. The number of hydrogen-bond acceptors (Lipinski definition) is 2. The normalized spacial score (nSPS) is 33.6. The van der Waals surface area contributed by atoms with Crippen LogP contribution in [0.25, 0.3) is 0 Å². The summed E-state index contributed by atoms with van der Waals surface area (Å²) in [5.41, 5.74) is 5.47.